The molecule has 0 saturated heterocycles. The molecule has 0 aromatic carbocycles. The lowest BCUT2D eigenvalue weighted by Gasteiger charge is -2.19. The second-order valence-corrected chi connectivity index (χ2v) is 6.24. The fourth-order valence-electron chi connectivity index (χ4n) is 2.99. The number of fused-ring (bicyclic) bond motifs is 1. The summed E-state index contributed by atoms with van der Waals surface area (Å²) in [5.41, 5.74) is 2.04. The normalized spacial score (nSPS) is 10.9. The van der Waals surface area contributed by atoms with Crippen molar-refractivity contribution in [1.29, 1.82) is 0 Å². The molecule has 2 heterocycles. The summed E-state index contributed by atoms with van der Waals surface area (Å²) >= 11 is 0. The van der Waals surface area contributed by atoms with E-state index in [0.29, 0.717) is 37.4 Å². The molecule has 0 unspecified atom stereocenters. The smallest absolute Gasteiger partial charge is 0.270 e. The van der Waals surface area contributed by atoms with Gasteiger partial charge in [-0.2, -0.15) is 0 Å². The second kappa shape index (κ2) is 9.91. The minimum Gasteiger partial charge on any atom is -0.395 e. The quantitative estimate of drug-likeness (QED) is 0.632. The van der Waals surface area contributed by atoms with E-state index >= 15 is 0 Å². The SMILES string of the molecule is CCN(CCO)C(=O)CCCCCNC(=O)c1c(C)nc2ccccn12. The van der Waals surface area contributed by atoms with Crippen LogP contribution in [0.4, 0.5) is 0 Å². The molecule has 2 rings (SSSR count). The number of imidazole rings is 1. The lowest BCUT2D eigenvalue weighted by Crippen LogP contribution is -2.33. The summed E-state index contributed by atoms with van der Waals surface area (Å²) in [6, 6.07) is 5.64. The highest BCUT2D eigenvalue weighted by Crippen LogP contribution is 2.11. The highest BCUT2D eigenvalue weighted by atomic mass is 16.3. The van der Waals surface area contributed by atoms with Gasteiger partial charge in [-0.1, -0.05) is 12.5 Å². The molecule has 2 N–H and O–H groups in total. The van der Waals surface area contributed by atoms with E-state index in [0.717, 1.165) is 24.9 Å². The molecule has 7 heteroatoms. The first-order chi connectivity index (χ1) is 12.6. The van der Waals surface area contributed by atoms with Crippen molar-refractivity contribution in [2.24, 2.45) is 0 Å². The van der Waals surface area contributed by atoms with Crippen LogP contribution in [0, 0.1) is 6.92 Å². The van der Waals surface area contributed by atoms with Crippen molar-refractivity contribution in [3.05, 3.63) is 35.8 Å². The Kier molecular flexibility index (Phi) is 7.59. The van der Waals surface area contributed by atoms with Gasteiger partial charge in [0.1, 0.15) is 11.3 Å². The van der Waals surface area contributed by atoms with Crippen LogP contribution in [-0.2, 0) is 4.79 Å². The van der Waals surface area contributed by atoms with Crippen molar-refractivity contribution in [3.8, 4) is 0 Å². The molecule has 2 aromatic heterocycles. The third-order valence-electron chi connectivity index (χ3n) is 4.38. The van der Waals surface area contributed by atoms with E-state index in [1.165, 1.54) is 0 Å². The molecule has 142 valence electrons. The van der Waals surface area contributed by atoms with E-state index in [9.17, 15) is 9.59 Å². The lowest BCUT2D eigenvalue weighted by molar-refractivity contribution is -0.131. The van der Waals surface area contributed by atoms with Crippen LogP contribution in [0.15, 0.2) is 24.4 Å². The van der Waals surface area contributed by atoms with E-state index in [4.69, 9.17) is 5.11 Å². The van der Waals surface area contributed by atoms with Gasteiger partial charge in [0, 0.05) is 32.3 Å². The molecule has 0 radical (unpaired) electrons. The summed E-state index contributed by atoms with van der Waals surface area (Å²) in [5, 5.41) is 11.9. The fourth-order valence-corrected chi connectivity index (χ4v) is 2.99. The van der Waals surface area contributed by atoms with Gasteiger partial charge in [-0.05, 0) is 38.8 Å². The van der Waals surface area contributed by atoms with Crippen molar-refractivity contribution in [3.63, 3.8) is 0 Å². The summed E-state index contributed by atoms with van der Waals surface area (Å²) in [6.45, 7) is 5.32. The van der Waals surface area contributed by atoms with E-state index in [-0.39, 0.29) is 18.4 Å². The average Bonchev–Trinajstić information content (AvgIpc) is 2.97. The largest absolute Gasteiger partial charge is 0.395 e. The van der Waals surface area contributed by atoms with Crippen molar-refractivity contribution in [1.82, 2.24) is 19.6 Å². The summed E-state index contributed by atoms with van der Waals surface area (Å²) in [7, 11) is 0. The molecule has 0 fully saturated rings. The number of rotatable bonds is 10. The number of pyridine rings is 1. The average molecular weight is 360 g/mol. The molecular weight excluding hydrogens is 332 g/mol. The number of nitrogens with one attached hydrogen (secondary N) is 1. The first-order valence-corrected chi connectivity index (χ1v) is 9.19. The van der Waals surface area contributed by atoms with Gasteiger partial charge in [-0.25, -0.2) is 4.98 Å². The third-order valence-corrected chi connectivity index (χ3v) is 4.38. The fraction of sp³-hybridized carbons (Fsp3) is 0.526. The monoisotopic (exact) mass is 360 g/mol. The third kappa shape index (κ3) is 5.05. The molecule has 7 nitrogen and oxygen atoms in total. The Bertz CT molecular complexity index is 741. The number of aromatic nitrogens is 2. The van der Waals surface area contributed by atoms with Crippen molar-refractivity contribution < 1.29 is 14.7 Å². The van der Waals surface area contributed by atoms with Crippen LogP contribution in [0.3, 0.4) is 0 Å². The Hall–Kier alpha value is -2.41. The molecular formula is C19H28N4O3. The van der Waals surface area contributed by atoms with Gasteiger partial charge in [0.25, 0.3) is 5.91 Å². The zero-order valence-corrected chi connectivity index (χ0v) is 15.6. The first kappa shape index (κ1) is 19.9. The van der Waals surface area contributed by atoms with Crippen LogP contribution in [0.25, 0.3) is 5.65 Å². The number of aliphatic hydroxyl groups excluding tert-OH is 1. The maximum Gasteiger partial charge on any atom is 0.270 e. The topological polar surface area (TPSA) is 86.9 Å². The number of aryl methyl sites for hydroxylation is 1. The van der Waals surface area contributed by atoms with Gasteiger partial charge in [0.2, 0.25) is 5.91 Å². The number of amides is 2. The van der Waals surface area contributed by atoms with Crippen molar-refractivity contribution in [2.75, 3.05) is 26.2 Å². The Morgan fingerprint density at radius 2 is 2.08 bits per heavy atom. The maximum absolute atomic E-state index is 12.4. The molecule has 0 aliphatic carbocycles. The van der Waals surface area contributed by atoms with Gasteiger partial charge in [-0.15, -0.1) is 0 Å². The molecule has 26 heavy (non-hydrogen) atoms. The molecule has 0 aliphatic heterocycles. The van der Waals surface area contributed by atoms with Gasteiger partial charge >= 0.3 is 0 Å². The molecule has 0 saturated carbocycles. The number of carbonyl (C=O) groups is 2. The number of hydrogen-bond donors (Lipinski definition) is 2. The van der Waals surface area contributed by atoms with Gasteiger partial charge in [0.15, 0.2) is 0 Å². The Balaban J connectivity index is 1.72. The minimum atomic E-state index is -0.127. The van der Waals surface area contributed by atoms with Crippen LogP contribution in [0.1, 0.15) is 48.8 Å². The summed E-state index contributed by atoms with van der Waals surface area (Å²) in [4.78, 5) is 30.4. The highest BCUT2D eigenvalue weighted by Gasteiger charge is 2.15. The van der Waals surface area contributed by atoms with Crippen LogP contribution in [0.5, 0.6) is 0 Å². The molecule has 0 spiro atoms. The van der Waals surface area contributed by atoms with E-state index in [1.54, 1.807) is 9.30 Å². The zero-order valence-electron chi connectivity index (χ0n) is 15.6. The standard InChI is InChI=1S/C19H28N4O3/c1-3-22(13-14-24)17(25)10-5-4-7-11-20-19(26)18-15(2)21-16-9-6-8-12-23(16)18/h6,8-9,12,24H,3-5,7,10-11,13-14H2,1-2H3,(H,20,26). The van der Waals surface area contributed by atoms with E-state index in [1.807, 2.05) is 38.2 Å². The summed E-state index contributed by atoms with van der Waals surface area (Å²) in [5.74, 6) is -0.0516. The van der Waals surface area contributed by atoms with Gasteiger partial charge < -0.3 is 15.3 Å². The van der Waals surface area contributed by atoms with Crippen LogP contribution in [0.2, 0.25) is 0 Å². The highest BCUT2D eigenvalue weighted by molar-refractivity contribution is 5.94. The number of unbranched alkanes of at least 4 members (excludes halogenated alkanes) is 2. The Labute approximate surface area is 154 Å². The number of aliphatic hydroxyl groups is 1. The zero-order chi connectivity index (χ0) is 18.9. The van der Waals surface area contributed by atoms with Gasteiger partial charge in [-0.3, -0.25) is 14.0 Å². The molecule has 0 atom stereocenters. The number of hydrogen-bond acceptors (Lipinski definition) is 4. The molecule has 2 aromatic rings. The van der Waals surface area contributed by atoms with Crippen molar-refractivity contribution >= 4 is 17.5 Å². The number of nitrogens with zero attached hydrogens (tertiary/aromatic N) is 3. The molecule has 0 aliphatic rings. The molecule has 2 amide bonds. The summed E-state index contributed by atoms with van der Waals surface area (Å²) < 4.78 is 1.80. The van der Waals surface area contributed by atoms with E-state index in [2.05, 4.69) is 10.3 Å². The molecule has 0 bridgehead atoms. The maximum atomic E-state index is 12.4. The van der Waals surface area contributed by atoms with Crippen molar-refractivity contribution in [2.45, 2.75) is 39.5 Å². The second-order valence-electron chi connectivity index (χ2n) is 6.24. The predicted octanol–water partition coefficient (Wildman–Crippen LogP) is 1.77. The van der Waals surface area contributed by atoms with Gasteiger partial charge in [0.05, 0.1) is 12.3 Å². The predicted molar refractivity (Wildman–Crippen MR) is 100 cm³/mol. The Morgan fingerprint density at radius 3 is 2.81 bits per heavy atom. The van der Waals surface area contributed by atoms with E-state index < -0.39 is 0 Å². The van der Waals surface area contributed by atoms with Crippen LogP contribution >= 0.6 is 0 Å². The number of likely N-dealkylation sites (N-methyl/N-ethyl adjacent to an activating group) is 1. The summed E-state index contributed by atoms with van der Waals surface area (Å²) in [6.07, 6.45) is 4.79. The number of carbonyl (C=O) groups excluding carboxylic acids is 2. The van der Waals surface area contributed by atoms with Crippen LogP contribution < -0.4 is 5.32 Å². The lowest BCUT2D eigenvalue weighted by atomic mass is 10.1. The van der Waals surface area contributed by atoms with Crippen LogP contribution in [-0.4, -0.2) is 57.4 Å². The Morgan fingerprint density at radius 1 is 1.27 bits per heavy atom. The minimum absolute atomic E-state index is 0.00565. The first-order valence-electron chi connectivity index (χ1n) is 9.19.